The van der Waals surface area contributed by atoms with Crippen LogP contribution in [-0.4, -0.2) is 22.5 Å². The van der Waals surface area contributed by atoms with Crippen LogP contribution < -0.4 is 0 Å². The molecule has 2 atom stereocenters. The number of aromatic nitrogens is 1. The summed E-state index contributed by atoms with van der Waals surface area (Å²) < 4.78 is 12.8. The van der Waals surface area contributed by atoms with E-state index < -0.39 is 0 Å². The number of hydrogen-bond acceptors (Lipinski definition) is 2. The highest BCUT2D eigenvalue weighted by molar-refractivity contribution is 5.70. The fourth-order valence-corrected chi connectivity index (χ4v) is 2.69. The van der Waals surface area contributed by atoms with Gasteiger partial charge in [0.1, 0.15) is 5.82 Å². The maximum Gasteiger partial charge on any atom is 0.141 e. The van der Waals surface area contributed by atoms with Crippen LogP contribution in [0.15, 0.2) is 37.2 Å². The molecule has 0 saturated carbocycles. The summed E-state index contributed by atoms with van der Waals surface area (Å²) >= 11 is 0. The molecule has 1 aliphatic carbocycles. The molecule has 1 aromatic heterocycles. The van der Waals surface area contributed by atoms with Crippen molar-refractivity contribution in [2.45, 2.75) is 12.5 Å². The molecule has 1 fully saturated rings. The van der Waals surface area contributed by atoms with E-state index in [1.54, 1.807) is 6.07 Å². The van der Waals surface area contributed by atoms with Gasteiger partial charge >= 0.3 is 0 Å². The van der Waals surface area contributed by atoms with Gasteiger partial charge in [-0.25, -0.2) is 4.39 Å². The van der Waals surface area contributed by atoms with Gasteiger partial charge in [-0.05, 0) is 36.2 Å². The van der Waals surface area contributed by atoms with Crippen LogP contribution in [0.3, 0.4) is 0 Å². The Morgan fingerprint density at radius 1 is 1.50 bits per heavy atom. The van der Waals surface area contributed by atoms with Gasteiger partial charge in [0.05, 0.1) is 17.9 Å². The lowest BCUT2D eigenvalue weighted by Gasteiger charge is -2.26. The van der Waals surface area contributed by atoms with Crippen molar-refractivity contribution in [2.24, 2.45) is 5.92 Å². The van der Waals surface area contributed by atoms with Crippen molar-refractivity contribution in [2.75, 3.05) is 6.54 Å². The van der Waals surface area contributed by atoms with E-state index >= 15 is 0 Å². The predicted octanol–water partition coefficient (Wildman–Crippen LogP) is 2.45. The third-order valence-electron chi connectivity index (χ3n) is 3.40. The molecule has 3 heteroatoms. The second-order valence-corrected chi connectivity index (χ2v) is 4.37. The van der Waals surface area contributed by atoms with Gasteiger partial charge in [0.25, 0.3) is 0 Å². The molecule has 2 nitrogen and oxygen atoms in total. The van der Waals surface area contributed by atoms with Gasteiger partial charge in [0, 0.05) is 6.54 Å². The third kappa shape index (κ3) is 1.35. The summed E-state index contributed by atoms with van der Waals surface area (Å²) in [7, 11) is 0. The molecule has 0 amide bonds. The zero-order valence-electron chi connectivity index (χ0n) is 8.94. The topological polar surface area (TPSA) is 16.1 Å². The molecule has 1 saturated heterocycles. The molecule has 0 radical (unpaired) electrons. The molecule has 3 rings (SSSR count). The van der Waals surface area contributed by atoms with Gasteiger partial charge in [-0.2, -0.15) is 0 Å². The first-order valence-corrected chi connectivity index (χ1v) is 5.50. The smallest absolute Gasteiger partial charge is 0.141 e. The minimum absolute atomic E-state index is 0.284. The lowest BCUT2D eigenvalue weighted by Crippen LogP contribution is -2.27. The summed E-state index contributed by atoms with van der Waals surface area (Å²) in [5.41, 5.74) is 2.11. The Balaban J connectivity index is 1.94. The summed E-state index contributed by atoms with van der Waals surface area (Å²) in [6.07, 6.45) is 6.58. The molecule has 2 bridgehead atoms. The molecular weight excluding hydrogens is 203 g/mol. The first-order valence-electron chi connectivity index (χ1n) is 5.50. The molecular formula is C13H13FN2. The number of likely N-dealkylation sites (tertiary alicyclic amines) is 1. The summed E-state index contributed by atoms with van der Waals surface area (Å²) in [4.78, 5) is 6.38. The zero-order chi connectivity index (χ0) is 11.1. The van der Waals surface area contributed by atoms with Crippen molar-refractivity contribution < 1.29 is 4.39 Å². The monoisotopic (exact) mass is 216 g/mol. The molecule has 1 aliphatic heterocycles. The lowest BCUT2D eigenvalue weighted by atomic mass is 10.1. The quantitative estimate of drug-likeness (QED) is 0.755. The number of halogens is 1. The average molecular weight is 216 g/mol. The fourth-order valence-electron chi connectivity index (χ4n) is 2.69. The van der Waals surface area contributed by atoms with Crippen molar-refractivity contribution in [1.29, 1.82) is 0 Å². The molecule has 1 aromatic rings. The summed E-state index contributed by atoms with van der Waals surface area (Å²) in [6, 6.07) is 3.61. The van der Waals surface area contributed by atoms with Gasteiger partial charge < -0.3 is 4.90 Å². The first kappa shape index (κ1) is 9.58. The molecule has 2 heterocycles. The van der Waals surface area contributed by atoms with E-state index in [1.165, 1.54) is 17.8 Å². The Morgan fingerprint density at radius 3 is 3.00 bits per heavy atom. The van der Waals surface area contributed by atoms with Crippen molar-refractivity contribution in [3.63, 3.8) is 0 Å². The molecule has 0 N–H and O–H groups in total. The zero-order valence-corrected chi connectivity index (χ0v) is 8.94. The minimum Gasteiger partial charge on any atom is -0.370 e. The largest absolute Gasteiger partial charge is 0.370 e. The van der Waals surface area contributed by atoms with Crippen LogP contribution in [0.2, 0.25) is 0 Å². The standard InChI is InChI=1S/C13H13FN2/c1-2-16-8-9-5-11(13(16)6-9)12-4-3-10(14)7-15-12/h2-5,7,9,13H,1,6,8H2/t9-,13-/m1/s1. The predicted molar refractivity (Wildman–Crippen MR) is 61.0 cm³/mol. The van der Waals surface area contributed by atoms with Crippen LogP contribution in [0.4, 0.5) is 4.39 Å². The number of nitrogens with zero attached hydrogens (tertiary/aromatic N) is 2. The summed E-state index contributed by atoms with van der Waals surface area (Å²) in [5.74, 6) is 0.318. The summed E-state index contributed by atoms with van der Waals surface area (Å²) in [6.45, 7) is 4.88. The Kier molecular flexibility index (Phi) is 2.06. The van der Waals surface area contributed by atoms with E-state index in [2.05, 4.69) is 22.5 Å². The maximum absolute atomic E-state index is 12.8. The second kappa shape index (κ2) is 3.44. The Morgan fingerprint density at radius 2 is 2.38 bits per heavy atom. The second-order valence-electron chi connectivity index (χ2n) is 4.37. The number of fused-ring (bicyclic) bond motifs is 2. The van der Waals surface area contributed by atoms with Gasteiger partial charge in [0.15, 0.2) is 0 Å². The van der Waals surface area contributed by atoms with Crippen LogP contribution in [0.5, 0.6) is 0 Å². The first-order chi connectivity index (χ1) is 7.78. The van der Waals surface area contributed by atoms with Crippen molar-refractivity contribution in [3.05, 3.63) is 48.7 Å². The van der Waals surface area contributed by atoms with Crippen LogP contribution in [0, 0.1) is 11.7 Å². The Labute approximate surface area is 94.1 Å². The minimum atomic E-state index is -0.284. The number of rotatable bonds is 2. The van der Waals surface area contributed by atoms with E-state index in [-0.39, 0.29) is 5.82 Å². The molecule has 2 aliphatic rings. The van der Waals surface area contributed by atoms with Crippen molar-refractivity contribution in [1.82, 2.24) is 9.88 Å². The van der Waals surface area contributed by atoms with E-state index in [0.29, 0.717) is 12.0 Å². The van der Waals surface area contributed by atoms with E-state index in [1.807, 2.05) is 6.20 Å². The van der Waals surface area contributed by atoms with Crippen LogP contribution in [-0.2, 0) is 0 Å². The third-order valence-corrected chi connectivity index (χ3v) is 3.40. The molecule has 0 spiro atoms. The molecule has 0 unspecified atom stereocenters. The van der Waals surface area contributed by atoms with Gasteiger partial charge in [0.2, 0.25) is 0 Å². The van der Waals surface area contributed by atoms with E-state index in [9.17, 15) is 4.39 Å². The molecule has 82 valence electrons. The average Bonchev–Trinajstić information content (AvgIpc) is 2.89. The lowest BCUT2D eigenvalue weighted by molar-refractivity contribution is 0.398. The van der Waals surface area contributed by atoms with Gasteiger partial charge in [-0.15, -0.1) is 0 Å². The van der Waals surface area contributed by atoms with E-state index in [4.69, 9.17) is 0 Å². The molecule has 16 heavy (non-hydrogen) atoms. The van der Waals surface area contributed by atoms with Crippen LogP contribution in [0.1, 0.15) is 12.1 Å². The Hall–Kier alpha value is -1.64. The molecule has 0 aromatic carbocycles. The van der Waals surface area contributed by atoms with Crippen molar-refractivity contribution >= 4 is 5.57 Å². The highest BCUT2D eigenvalue weighted by Gasteiger charge is 2.38. The Bertz CT molecular complexity index is 450. The number of pyridine rings is 1. The van der Waals surface area contributed by atoms with Crippen LogP contribution >= 0.6 is 0 Å². The maximum atomic E-state index is 12.8. The van der Waals surface area contributed by atoms with Gasteiger partial charge in [-0.3, -0.25) is 4.98 Å². The van der Waals surface area contributed by atoms with Gasteiger partial charge in [-0.1, -0.05) is 12.7 Å². The van der Waals surface area contributed by atoms with Crippen molar-refractivity contribution in [3.8, 4) is 0 Å². The van der Waals surface area contributed by atoms with E-state index in [0.717, 1.165) is 18.7 Å². The number of hydrogen-bond donors (Lipinski definition) is 0. The SMILES string of the molecule is C=CN1C[C@@H]2C=C(c3ccc(F)cn3)[C@H]1C2. The van der Waals surface area contributed by atoms with Crippen LogP contribution in [0.25, 0.3) is 5.57 Å². The normalized spacial score (nSPS) is 27.1. The fraction of sp³-hybridized carbons (Fsp3) is 0.308. The highest BCUT2D eigenvalue weighted by atomic mass is 19.1. The highest BCUT2D eigenvalue weighted by Crippen LogP contribution is 2.40. The summed E-state index contributed by atoms with van der Waals surface area (Å²) in [5, 5.41) is 0.